The Morgan fingerprint density at radius 1 is 1.16 bits per heavy atom. The topological polar surface area (TPSA) is 172 Å². The van der Waals surface area contributed by atoms with Gasteiger partial charge in [0, 0.05) is 34.0 Å². The minimum absolute atomic E-state index is 0.159. The first-order valence-corrected chi connectivity index (χ1v) is 16.6. The van der Waals surface area contributed by atoms with Gasteiger partial charge in [0.15, 0.2) is 5.89 Å². The van der Waals surface area contributed by atoms with E-state index in [1.807, 2.05) is 18.2 Å². The number of amides is 2. The van der Waals surface area contributed by atoms with Crippen LogP contribution in [0.15, 0.2) is 70.9 Å². The SMILES string of the molecule is COC(CC(C)C(O)/C=C/C=C/CNC(=O)C(C)(C)C(O)\C(C)=C/C=C\C=C\Cc1cnc(C)o1)C1(O)C(C)C(=O)N(C)[C@]12C(=O)O[C@H]2C. The molecule has 0 bridgehead atoms. The van der Waals surface area contributed by atoms with Gasteiger partial charge in [0.2, 0.25) is 17.4 Å². The number of likely N-dealkylation sites (tertiary alicyclic amines) is 1. The first-order valence-electron chi connectivity index (χ1n) is 16.6. The number of carbonyl (C=O) groups excluding carboxylic acids is 3. The van der Waals surface area contributed by atoms with Gasteiger partial charge in [-0.3, -0.25) is 9.59 Å². The number of carbonyl (C=O) groups is 3. The van der Waals surface area contributed by atoms with Crippen LogP contribution in [0.25, 0.3) is 0 Å². The van der Waals surface area contributed by atoms with Gasteiger partial charge < -0.3 is 39.4 Å². The molecule has 0 aliphatic carbocycles. The number of aryl methyl sites for hydroxylation is 1. The number of hydrogen-bond donors (Lipinski definition) is 4. The molecule has 12 nitrogen and oxygen atoms in total. The highest BCUT2D eigenvalue weighted by atomic mass is 16.6. The quantitative estimate of drug-likeness (QED) is 0.150. The van der Waals surface area contributed by atoms with Crippen molar-refractivity contribution in [3.8, 4) is 0 Å². The van der Waals surface area contributed by atoms with Crippen molar-refractivity contribution in [1.29, 1.82) is 0 Å². The number of cyclic esters (lactones) is 1. The maximum Gasteiger partial charge on any atom is 0.339 e. The van der Waals surface area contributed by atoms with E-state index in [-0.39, 0.29) is 24.8 Å². The van der Waals surface area contributed by atoms with Crippen LogP contribution in [0.3, 0.4) is 0 Å². The Morgan fingerprint density at radius 2 is 1.84 bits per heavy atom. The van der Waals surface area contributed by atoms with Crippen molar-refractivity contribution in [3.63, 3.8) is 0 Å². The van der Waals surface area contributed by atoms with Gasteiger partial charge in [0.1, 0.15) is 17.5 Å². The Balaban J connectivity index is 1.49. The number of hydrogen-bond acceptors (Lipinski definition) is 10. The number of oxazole rings is 1. The molecule has 270 valence electrons. The summed E-state index contributed by atoms with van der Waals surface area (Å²) in [6, 6.07) is 0. The van der Waals surface area contributed by atoms with Gasteiger partial charge in [-0.1, -0.05) is 68.5 Å². The van der Waals surface area contributed by atoms with E-state index in [4.69, 9.17) is 13.9 Å². The predicted molar refractivity (Wildman–Crippen MR) is 184 cm³/mol. The molecule has 2 aliphatic rings. The van der Waals surface area contributed by atoms with Crippen molar-refractivity contribution in [3.05, 3.63) is 78.1 Å². The van der Waals surface area contributed by atoms with E-state index >= 15 is 0 Å². The predicted octanol–water partition coefficient (Wildman–Crippen LogP) is 3.13. The molecule has 1 aromatic heterocycles. The van der Waals surface area contributed by atoms with Crippen LogP contribution in [0, 0.1) is 24.2 Å². The zero-order chi connectivity index (χ0) is 36.7. The fourth-order valence-electron chi connectivity index (χ4n) is 6.76. The van der Waals surface area contributed by atoms with Crippen molar-refractivity contribution in [2.45, 2.75) is 96.9 Å². The molecule has 0 aromatic carbocycles. The second-order valence-electron chi connectivity index (χ2n) is 13.6. The van der Waals surface area contributed by atoms with Gasteiger partial charge in [-0.05, 0) is 45.6 Å². The molecule has 1 aromatic rings. The van der Waals surface area contributed by atoms with Gasteiger partial charge in [-0.25, -0.2) is 9.78 Å². The Morgan fingerprint density at radius 3 is 2.43 bits per heavy atom. The lowest BCUT2D eigenvalue weighted by Crippen LogP contribution is -2.80. The van der Waals surface area contributed by atoms with Crippen LogP contribution in [0.2, 0.25) is 0 Å². The van der Waals surface area contributed by atoms with Crippen molar-refractivity contribution >= 4 is 17.8 Å². The molecule has 2 aliphatic heterocycles. The normalized spacial score (nSPS) is 27.4. The first kappa shape index (κ1) is 39.6. The Hall–Kier alpha value is -3.84. The average molecular weight is 684 g/mol. The van der Waals surface area contributed by atoms with E-state index in [0.717, 1.165) is 5.76 Å². The Bertz CT molecular complexity index is 1490. The number of aliphatic hydroxyl groups excluding tert-OH is 2. The monoisotopic (exact) mass is 683 g/mol. The molecular formula is C37H53N3O9. The Kier molecular flexibility index (Phi) is 13.1. The maximum absolute atomic E-state index is 12.9. The van der Waals surface area contributed by atoms with Crippen LogP contribution in [-0.2, 0) is 30.3 Å². The van der Waals surface area contributed by atoms with E-state index in [9.17, 15) is 29.7 Å². The number of aromatic nitrogens is 1. The smallest absolute Gasteiger partial charge is 0.339 e. The summed E-state index contributed by atoms with van der Waals surface area (Å²) in [5.41, 5.74) is -3.88. The highest BCUT2D eigenvalue weighted by Crippen LogP contribution is 2.54. The summed E-state index contributed by atoms with van der Waals surface area (Å²) in [6.07, 6.45) is 14.7. The lowest BCUT2D eigenvalue weighted by atomic mass is 9.65. The lowest BCUT2D eigenvalue weighted by Gasteiger charge is -2.55. The van der Waals surface area contributed by atoms with Gasteiger partial charge in [-0.2, -0.15) is 0 Å². The highest BCUT2D eigenvalue weighted by molar-refractivity contribution is 5.99. The summed E-state index contributed by atoms with van der Waals surface area (Å²) >= 11 is 0. The van der Waals surface area contributed by atoms with E-state index in [1.165, 1.54) is 19.1 Å². The third-order valence-corrected chi connectivity index (χ3v) is 9.97. The van der Waals surface area contributed by atoms with Crippen LogP contribution in [0.5, 0.6) is 0 Å². The van der Waals surface area contributed by atoms with Crippen LogP contribution in [0.4, 0.5) is 0 Å². The summed E-state index contributed by atoms with van der Waals surface area (Å²) in [6.45, 7) is 12.1. The third kappa shape index (κ3) is 7.82. The molecule has 8 atom stereocenters. The fourth-order valence-corrected chi connectivity index (χ4v) is 6.76. The standard InChI is InChI=1S/C37H53N3O9/c1-23(17-13-10-11-14-18-28-22-39-27(5)49-28)31(42)35(6,7)33(44)38-20-16-12-15-19-29(41)24(2)21-30(47-9)37(46)25(3)32(43)40(8)36(37)26(4)48-34(36)45/h10-17,19,22,24-26,29-31,41-42,46H,18,20-21H2,1-9H3,(H,38,44)/b13-10-,14-11+,16-12+,19-15+,23-17-/t24?,25?,26-,29?,30?,31?,36+,37?/m0/s1. The Labute approximate surface area is 289 Å². The van der Waals surface area contributed by atoms with Crippen LogP contribution >= 0.6 is 0 Å². The van der Waals surface area contributed by atoms with Crippen molar-refractivity contribution in [1.82, 2.24) is 15.2 Å². The van der Waals surface area contributed by atoms with Gasteiger partial charge in [-0.15, -0.1) is 0 Å². The van der Waals surface area contributed by atoms with Crippen LogP contribution < -0.4 is 5.32 Å². The van der Waals surface area contributed by atoms with E-state index in [2.05, 4.69) is 10.3 Å². The molecule has 4 N–H and O–H groups in total. The number of esters is 1. The van der Waals surface area contributed by atoms with Crippen LogP contribution in [-0.4, -0.2) is 99.2 Å². The summed E-state index contributed by atoms with van der Waals surface area (Å²) in [7, 11) is 2.89. The van der Waals surface area contributed by atoms with E-state index in [0.29, 0.717) is 17.9 Å². The average Bonchev–Trinajstić information content (AvgIpc) is 3.55. The van der Waals surface area contributed by atoms with Gasteiger partial charge in [0.05, 0.1) is 35.8 Å². The first-order chi connectivity index (χ1) is 23.0. The molecule has 2 fully saturated rings. The molecule has 12 heteroatoms. The number of aliphatic hydroxyl groups is 3. The molecule has 2 saturated heterocycles. The van der Waals surface area contributed by atoms with Crippen molar-refractivity contribution in [2.24, 2.45) is 17.3 Å². The zero-order valence-corrected chi connectivity index (χ0v) is 30.0. The molecule has 1 spiro atoms. The summed E-state index contributed by atoms with van der Waals surface area (Å²) < 4.78 is 16.3. The summed E-state index contributed by atoms with van der Waals surface area (Å²) in [5.74, 6) is -1.31. The van der Waals surface area contributed by atoms with Gasteiger partial charge >= 0.3 is 5.97 Å². The highest BCUT2D eigenvalue weighted by Gasteiger charge is 2.80. The molecule has 0 saturated carbocycles. The molecular weight excluding hydrogens is 630 g/mol. The lowest BCUT2D eigenvalue weighted by molar-refractivity contribution is -0.255. The maximum atomic E-state index is 12.9. The van der Waals surface area contributed by atoms with Crippen molar-refractivity contribution in [2.75, 3.05) is 20.7 Å². The molecule has 6 unspecified atom stereocenters. The molecule has 0 radical (unpaired) electrons. The molecule has 3 heterocycles. The minimum atomic E-state index is -1.86. The zero-order valence-electron chi connectivity index (χ0n) is 30.0. The largest absolute Gasteiger partial charge is 0.457 e. The number of ether oxygens (including phenoxy) is 2. The fraction of sp³-hybridized carbons (Fsp3) is 0.568. The number of allylic oxidation sites excluding steroid dienone is 7. The second-order valence-corrected chi connectivity index (χ2v) is 13.6. The number of rotatable bonds is 16. The number of nitrogens with zero attached hydrogens (tertiary/aromatic N) is 2. The van der Waals surface area contributed by atoms with E-state index in [1.54, 1.807) is 91.1 Å². The molecule has 2 amide bonds. The number of likely N-dealkylation sites (N-methyl/N-ethyl adjacent to an activating group) is 1. The molecule has 3 rings (SSSR count). The molecule has 49 heavy (non-hydrogen) atoms. The van der Waals surface area contributed by atoms with E-state index < -0.39 is 58.8 Å². The number of methoxy groups -OCH3 is 1. The summed E-state index contributed by atoms with van der Waals surface area (Å²) in [4.78, 5) is 43.9. The minimum Gasteiger partial charge on any atom is -0.457 e. The second kappa shape index (κ2) is 16.2. The van der Waals surface area contributed by atoms with Gasteiger partial charge in [0.25, 0.3) is 0 Å². The third-order valence-electron chi connectivity index (χ3n) is 9.97. The van der Waals surface area contributed by atoms with Crippen LogP contribution in [0.1, 0.15) is 59.6 Å². The van der Waals surface area contributed by atoms with Crippen molar-refractivity contribution < 1.29 is 43.6 Å². The number of nitrogens with one attached hydrogen (secondary N) is 1. The summed E-state index contributed by atoms with van der Waals surface area (Å²) in [5, 5.41) is 36.5.